The molecule has 0 bridgehead atoms. The molecule has 0 radical (unpaired) electrons. The van der Waals surface area contributed by atoms with Crippen LogP contribution in [0.3, 0.4) is 0 Å². The third kappa shape index (κ3) is 5.86. The Morgan fingerprint density at radius 2 is 1.81 bits per heavy atom. The molecule has 0 atom stereocenters. The quantitative estimate of drug-likeness (QED) is 0.383. The van der Waals surface area contributed by atoms with Crippen LogP contribution in [0.5, 0.6) is 0 Å². The molecule has 0 heterocycles. The summed E-state index contributed by atoms with van der Waals surface area (Å²) in [6.07, 6.45) is -9.00. The minimum atomic E-state index is -4.65. The molecule has 0 aliphatic heterocycles. The van der Waals surface area contributed by atoms with Crippen LogP contribution in [-0.4, -0.2) is 31.0 Å². The van der Waals surface area contributed by atoms with Crippen LogP contribution in [0.4, 0.5) is 32.0 Å². The lowest BCUT2D eigenvalue weighted by atomic mass is 10.2. The first-order valence-electron chi connectivity index (χ1n) is 5.67. The molecule has 0 unspecified atom stereocenters. The average molecular weight is 330 g/mol. The summed E-state index contributed by atoms with van der Waals surface area (Å²) in [5.74, 6) is -2.32. The van der Waals surface area contributed by atoms with Crippen molar-refractivity contribution in [1.82, 2.24) is 5.32 Å². The third-order valence-corrected chi connectivity index (χ3v) is 3.53. The number of alkyl halides is 6. The van der Waals surface area contributed by atoms with Crippen molar-refractivity contribution < 1.29 is 26.3 Å². The van der Waals surface area contributed by atoms with Gasteiger partial charge in [-0.25, -0.2) is 4.99 Å². The van der Waals surface area contributed by atoms with E-state index in [1.165, 1.54) is 18.2 Å². The standard InChI is InChI=1S/C12H12F6N2S/c1-7-3-4-8(20-10(19-2)12(16,17)18)5-9(7)21-6-11(13,14)15/h3-5H,6H2,1-2H3,(H,19,20). The maximum Gasteiger partial charge on any atom is 0.449 e. The summed E-state index contributed by atoms with van der Waals surface area (Å²) in [5, 5.41) is 1.92. The van der Waals surface area contributed by atoms with Crippen molar-refractivity contribution in [3.05, 3.63) is 23.8 Å². The number of halogens is 6. The van der Waals surface area contributed by atoms with E-state index < -0.39 is 23.9 Å². The third-order valence-electron chi connectivity index (χ3n) is 2.31. The van der Waals surface area contributed by atoms with Gasteiger partial charge in [0.2, 0.25) is 5.84 Å². The zero-order valence-corrected chi connectivity index (χ0v) is 11.9. The van der Waals surface area contributed by atoms with Gasteiger partial charge in [-0.3, -0.25) is 0 Å². The van der Waals surface area contributed by atoms with Gasteiger partial charge < -0.3 is 5.32 Å². The van der Waals surface area contributed by atoms with Gasteiger partial charge in [0.15, 0.2) is 0 Å². The fourth-order valence-electron chi connectivity index (χ4n) is 1.36. The lowest BCUT2D eigenvalue weighted by Crippen LogP contribution is -2.34. The first-order valence-corrected chi connectivity index (χ1v) is 6.65. The highest BCUT2D eigenvalue weighted by Gasteiger charge is 2.35. The summed E-state index contributed by atoms with van der Waals surface area (Å²) in [6, 6.07) is 3.95. The van der Waals surface area contributed by atoms with Gasteiger partial charge in [-0.1, -0.05) is 6.07 Å². The van der Waals surface area contributed by atoms with Gasteiger partial charge in [-0.2, -0.15) is 26.3 Å². The van der Waals surface area contributed by atoms with Gasteiger partial charge in [-0.15, -0.1) is 11.8 Å². The fraction of sp³-hybridized carbons (Fsp3) is 0.417. The van der Waals surface area contributed by atoms with Gasteiger partial charge in [0.1, 0.15) is 0 Å². The first kappa shape index (κ1) is 17.7. The van der Waals surface area contributed by atoms with Crippen molar-refractivity contribution in [3.8, 4) is 0 Å². The maximum atomic E-state index is 12.5. The monoisotopic (exact) mass is 330 g/mol. The minimum absolute atomic E-state index is 0.0630. The summed E-state index contributed by atoms with van der Waals surface area (Å²) < 4.78 is 74.2. The van der Waals surface area contributed by atoms with Gasteiger partial charge >= 0.3 is 12.4 Å². The van der Waals surface area contributed by atoms with Crippen LogP contribution in [0.1, 0.15) is 5.56 Å². The van der Waals surface area contributed by atoms with E-state index in [1.807, 2.05) is 5.32 Å². The van der Waals surface area contributed by atoms with E-state index in [0.717, 1.165) is 7.05 Å². The molecule has 0 fully saturated rings. The lowest BCUT2D eigenvalue weighted by molar-refractivity contribution is -0.105. The molecule has 1 N–H and O–H groups in total. The summed E-state index contributed by atoms with van der Waals surface area (Å²) in [6.45, 7) is 1.58. The zero-order chi connectivity index (χ0) is 16.3. The molecular weight excluding hydrogens is 318 g/mol. The Kier molecular flexibility index (Phi) is 5.54. The number of nitrogens with one attached hydrogen (secondary N) is 1. The van der Waals surface area contributed by atoms with Crippen molar-refractivity contribution in [1.29, 1.82) is 0 Å². The van der Waals surface area contributed by atoms with Gasteiger partial charge in [0.05, 0.1) is 11.4 Å². The van der Waals surface area contributed by atoms with Gasteiger partial charge in [-0.05, 0) is 24.6 Å². The molecule has 0 amide bonds. The number of hydrogen-bond acceptors (Lipinski definition) is 2. The normalized spacial score (nSPS) is 13.4. The summed E-state index contributed by atoms with van der Waals surface area (Å²) >= 11 is 0.514. The van der Waals surface area contributed by atoms with Crippen molar-refractivity contribution in [2.75, 3.05) is 12.8 Å². The average Bonchev–Trinajstić information content (AvgIpc) is 2.33. The molecule has 1 aromatic rings. The van der Waals surface area contributed by atoms with E-state index in [0.29, 0.717) is 17.3 Å². The van der Waals surface area contributed by atoms with E-state index >= 15 is 0 Å². The van der Waals surface area contributed by atoms with Crippen LogP contribution in [0.25, 0.3) is 0 Å². The largest absolute Gasteiger partial charge is 0.449 e. The Morgan fingerprint density at radius 3 is 2.29 bits per heavy atom. The second-order valence-electron chi connectivity index (χ2n) is 4.06. The molecule has 0 aliphatic rings. The van der Waals surface area contributed by atoms with Crippen molar-refractivity contribution >= 4 is 23.3 Å². The van der Waals surface area contributed by atoms with Gasteiger partial charge in [0, 0.05) is 11.9 Å². The number of rotatable bonds is 3. The Bertz CT molecular complexity index is 521. The Morgan fingerprint density at radius 1 is 1.19 bits per heavy atom. The molecule has 0 spiro atoms. The van der Waals surface area contributed by atoms with Crippen LogP contribution in [0.15, 0.2) is 28.1 Å². The predicted molar refractivity (Wildman–Crippen MR) is 70.2 cm³/mol. The molecule has 2 nitrogen and oxygen atoms in total. The number of thioether (sulfide) groups is 1. The number of nitrogens with zero attached hydrogens (tertiary/aromatic N) is 1. The highest BCUT2D eigenvalue weighted by molar-refractivity contribution is 7.99. The number of aryl methyl sites for hydroxylation is 1. The molecule has 9 heteroatoms. The Hall–Kier alpha value is -1.38. The molecule has 0 aromatic heterocycles. The summed E-state index contributed by atoms with van der Waals surface area (Å²) in [7, 11) is 1.07. The molecule has 1 rings (SSSR count). The molecule has 118 valence electrons. The Balaban J connectivity index is 3.04. The van der Waals surface area contributed by atoms with Crippen LogP contribution in [0.2, 0.25) is 0 Å². The summed E-state index contributed by atoms with van der Waals surface area (Å²) in [4.78, 5) is 3.62. The van der Waals surface area contributed by atoms with Gasteiger partial charge in [0.25, 0.3) is 0 Å². The number of amidine groups is 1. The van der Waals surface area contributed by atoms with Crippen LogP contribution < -0.4 is 5.32 Å². The zero-order valence-electron chi connectivity index (χ0n) is 11.1. The number of benzene rings is 1. The van der Waals surface area contributed by atoms with Crippen LogP contribution >= 0.6 is 11.8 Å². The van der Waals surface area contributed by atoms with Crippen LogP contribution in [-0.2, 0) is 0 Å². The highest BCUT2D eigenvalue weighted by Crippen LogP contribution is 2.32. The first-order chi connectivity index (χ1) is 9.53. The molecule has 0 saturated heterocycles. The SMILES string of the molecule is CN/C(=N/c1ccc(C)c(SCC(F)(F)F)c1)C(F)(F)F. The van der Waals surface area contributed by atoms with E-state index in [2.05, 4.69) is 4.99 Å². The molecule has 21 heavy (non-hydrogen) atoms. The predicted octanol–water partition coefficient (Wildman–Crippen LogP) is 4.46. The topological polar surface area (TPSA) is 24.4 Å². The van der Waals surface area contributed by atoms with E-state index in [9.17, 15) is 26.3 Å². The van der Waals surface area contributed by atoms with E-state index in [1.54, 1.807) is 6.92 Å². The Labute approximate surface area is 121 Å². The fourth-order valence-corrected chi connectivity index (χ4v) is 2.18. The van der Waals surface area contributed by atoms with Crippen LogP contribution in [0, 0.1) is 6.92 Å². The second kappa shape index (κ2) is 6.59. The smallest absolute Gasteiger partial charge is 0.369 e. The van der Waals surface area contributed by atoms with E-state index in [-0.39, 0.29) is 10.6 Å². The molecule has 0 aliphatic carbocycles. The molecule has 0 saturated carbocycles. The lowest BCUT2D eigenvalue weighted by Gasteiger charge is -2.11. The number of hydrogen-bond donors (Lipinski definition) is 1. The summed E-state index contributed by atoms with van der Waals surface area (Å²) in [5.41, 5.74) is 0.480. The number of aliphatic imine (C=N–C) groups is 1. The van der Waals surface area contributed by atoms with Crippen molar-refractivity contribution in [2.24, 2.45) is 4.99 Å². The minimum Gasteiger partial charge on any atom is -0.369 e. The van der Waals surface area contributed by atoms with E-state index in [4.69, 9.17) is 0 Å². The maximum absolute atomic E-state index is 12.5. The second-order valence-corrected chi connectivity index (χ2v) is 5.08. The molecule has 1 aromatic carbocycles. The highest BCUT2D eigenvalue weighted by atomic mass is 32.2. The van der Waals surface area contributed by atoms with Crippen molar-refractivity contribution in [2.45, 2.75) is 24.2 Å². The van der Waals surface area contributed by atoms with Crippen molar-refractivity contribution in [3.63, 3.8) is 0 Å². The molecular formula is C12H12F6N2S.